The van der Waals surface area contributed by atoms with Gasteiger partial charge in [0.2, 0.25) is 6.54 Å². The van der Waals surface area contributed by atoms with Gasteiger partial charge in [-0.05, 0) is 5.53 Å². The van der Waals surface area contributed by atoms with E-state index >= 15 is 0 Å². The summed E-state index contributed by atoms with van der Waals surface area (Å²) in [6, 6.07) is 0. The van der Waals surface area contributed by atoms with Crippen molar-refractivity contribution in [2.24, 2.45) is 5.11 Å². The van der Waals surface area contributed by atoms with Gasteiger partial charge in [0.05, 0.1) is 6.54 Å². The summed E-state index contributed by atoms with van der Waals surface area (Å²) in [5.74, 6) is 0. The molecule has 0 aliphatic rings. The van der Waals surface area contributed by atoms with Crippen LogP contribution < -0.4 is 0 Å². The van der Waals surface area contributed by atoms with E-state index in [1.54, 1.807) is 0 Å². The van der Waals surface area contributed by atoms with Crippen molar-refractivity contribution in [3.05, 3.63) is 20.6 Å². The SMILES string of the molecule is [N-]=[N+]=NCC[N+](=O)[O-]. The van der Waals surface area contributed by atoms with Crippen LogP contribution in [0, 0.1) is 10.1 Å². The third-order valence-corrected chi connectivity index (χ3v) is 0.446. The van der Waals surface area contributed by atoms with Gasteiger partial charge >= 0.3 is 0 Å². The molecule has 0 N–H and O–H groups in total. The van der Waals surface area contributed by atoms with Crippen LogP contribution >= 0.6 is 0 Å². The van der Waals surface area contributed by atoms with Crippen LogP contribution in [0.3, 0.4) is 0 Å². The maximum Gasteiger partial charge on any atom is 0.209 e. The van der Waals surface area contributed by atoms with Gasteiger partial charge in [-0.25, -0.2) is 0 Å². The van der Waals surface area contributed by atoms with E-state index in [1.165, 1.54) is 0 Å². The Morgan fingerprint density at radius 2 is 2.50 bits per heavy atom. The summed E-state index contributed by atoms with van der Waals surface area (Å²) in [7, 11) is 0. The number of hydrogen-bond acceptors (Lipinski definition) is 3. The molecule has 0 fully saturated rings. The van der Waals surface area contributed by atoms with Crippen molar-refractivity contribution in [1.29, 1.82) is 0 Å². The minimum absolute atomic E-state index is 0.0660. The Labute approximate surface area is 44.9 Å². The highest BCUT2D eigenvalue weighted by Crippen LogP contribution is 1.71. The smallest absolute Gasteiger partial charge is 0.209 e. The largest absolute Gasteiger partial charge is 0.265 e. The molecule has 0 aliphatic carbocycles. The first kappa shape index (κ1) is 6.71. The van der Waals surface area contributed by atoms with Gasteiger partial charge in [0, 0.05) is 9.84 Å². The van der Waals surface area contributed by atoms with E-state index in [0.717, 1.165) is 0 Å². The second-order valence-corrected chi connectivity index (χ2v) is 1.01. The Hall–Kier alpha value is -1.29. The summed E-state index contributed by atoms with van der Waals surface area (Å²) in [5, 5.41) is 12.4. The molecular formula is C2H4N4O2. The van der Waals surface area contributed by atoms with Crippen LogP contribution in [0.25, 0.3) is 10.4 Å². The molecule has 0 radical (unpaired) electrons. The Bertz CT molecular complexity index is 124. The summed E-state index contributed by atoms with van der Waals surface area (Å²) in [6.07, 6.45) is 0. The molecule has 0 rings (SSSR count). The number of hydrogen-bond donors (Lipinski definition) is 0. The summed E-state index contributed by atoms with van der Waals surface area (Å²) >= 11 is 0. The monoisotopic (exact) mass is 116 g/mol. The molecule has 0 spiro atoms. The van der Waals surface area contributed by atoms with Crippen molar-refractivity contribution in [1.82, 2.24) is 0 Å². The molecule has 8 heavy (non-hydrogen) atoms. The van der Waals surface area contributed by atoms with Crippen molar-refractivity contribution in [3.8, 4) is 0 Å². The van der Waals surface area contributed by atoms with Crippen molar-refractivity contribution < 1.29 is 4.92 Å². The van der Waals surface area contributed by atoms with Gasteiger partial charge in [0.25, 0.3) is 0 Å². The van der Waals surface area contributed by atoms with Crippen molar-refractivity contribution in [2.45, 2.75) is 0 Å². The Morgan fingerprint density at radius 3 is 2.88 bits per heavy atom. The zero-order chi connectivity index (χ0) is 6.41. The van der Waals surface area contributed by atoms with Gasteiger partial charge in [-0.2, -0.15) is 0 Å². The minimum Gasteiger partial charge on any atom is -0.265 e. The van der Waals surface area contributed by atoms with E-state index in [4.69, 9.17) is 5.53 Å². The third kappa shape index (κ3) is 4.71. The first-order valence-corrected chi connectivity index (χ1v) is 1.90. The molecule has 0 heterocycles. The molecule has 0 saturated heterocycles. The standard InChI is InChI=1S/C2H4N4O2/c3-5-4-1-2-6(7)8/h1-2H2. The van der Waals surface area contributed by atoms with Crippen molar-refractivity contribution in [2.75, 3.05) is 13.1 Å². The van der Waals surface area contributed by atoms with E-state index in [9.17, 15) is 10.1 Å². The molecule has 44 valence electrons. The highest BCUT2D eigenvalue weighted by atomic mass is 16.6. The fourth-order valence-electron chi connectivity index (χ4n) is 0.171. The van der Waals surface area contributed by atoms with Crippen LogP contribution in [0.4, 0.5) is 0 Å². The molecule has 0 unspecified atom stereocenters. The zero-order valence-corrected chi connectivity index (χ0v) is 4.02. The van der Waals surface area contributed by atoms with Crippen LogP contribution in [-0.4, -0.2) is 18.0 Å². The molecule has 0 aromatic heterocycles. The molecule has 0 saturated carbocycles. The molecule has 6 heteroatoms. The molecule has 0 atom stereocenters. The molecule has 0 bridgehead atoms. The van der Waals surface area contributed by atoms with E-state index in [2.05, 4.69) is 10.0 Å². The van der Waals surface area contributed by atoms with Gasteiger partial charge in [-0.3, -0.25) is 10.1 Å². The maximum absolute atomic E-state index is 9.50. The average molecular weight is 116 g/mol. The van der Waals surface area contributed by atoms with Crippen molar-refractivity contribution in [3.63, 3.8) is 0 Å². The number of nitrogens with zero attached hydrogens (tertiary/aromatic N) is 4. The zero-order valence-electron chi connectivity index (χ0n) is 4.02. The van der Waals surface area contributed by atoms with Crippen molar-refractivity contribution >= 4 is 0 Å². The lowest BCUT2D eigenvalue weighted by molar-refractivity contribution is -0.476. The summed E-state index contributed by atoms with van der Waals surface area (Å²) in [5.41, 5.74) is 7.61. The van der Waals surface area contributed by atoms with Crippen LogP contribution in [-0.2, 0) is 0 Å². The predicted octanol–water partition coefficient (Wildman–Crippen LogP) is 0.573. The Kier molecular flexibility index (Phi) is 3.26. The normalized spacial score (nSPS) is 7.50. The second-order valence-electron chi connectivity index (χ2n) is 1.01. The second kappa shape index (κ2) is 3.89. The highest BCUT2D eigenvalue weighted by Gasteiger charge is 1.89. The first-order valence-electron chi connectivity index (χ1n) is 1.90. The van der Waals surface area contributed by atoms with Crippen LogP contribution in [0.1, 0.15) is 0 Å². The van der Waals surface area contributed by atoms with Gasteiger partial charge in [-0.15, -0.1) is 0 Å². The van der Waals surface area contributed by atoms with Gasteiger partial charge < -0.3 is 0 Å². The number of nitro groups is 1. The van der Waals surface area contributed by atoms with E-state index in [-0.39, 0.29) is 13.1 Å². The highest BCUT2D eigenvalue weighted by molar-refractivity contribution is 4.42. The Balaban J connectivity index is 3.18. The van der Waals surface area contributed by atoms with E-state index < -0.39 is 4.92 Å². The topological polar surface area (TPSA) is 91.9 Å². The summed E-state index contributed by atoms with van der Waals surface area (Å²) in [6.45, 7) is -0.354. The lowest BCUT2D eigenvalue weighted by atomic mass is 10.7. The molecule has 0 aromatic carbocycles. The van der Waals surface area contributed by atoms with E-state index in [0.29, 0.717) is 0 Å². The predicted molar refractivity (Wildman–Crippen MR) is 25.9 cm³/mol. The maximum atomic E-state index is 9.50. The number of azide groups is 1. The molecule has 0 amide bonds. The van der Waals surface area contributed by atoms with Crippen LogP contribution in [0.2, 0.25) is 0 Å². The lowest BCUT2D eigenvalue weighted by Crippen LogP contribution is -2.02. The molecule has 6 nitrogen and oxygen atoms in total. The molecular weight excluding hydrogens is 112 g/mol. The van der Waals surface area contributed by atoms with Gasteiger partial charge in [-0.1, -0.05) is 5.11 Å². The Morgan fingerprint density at radius 1 is 1.88 bits per heavy atom. The lowest BCUT2D eigenvalue weighted by Gasteiger charge is -1.81. The summed E-state index contributed by atoms with van der Waals surface area (Å²) in [4.78, 5) is 11.3. The van der Waals surface area contributed by atoms with Crippen LogP contribution in [0.15, 0.2) is 5.11 Å². The van der Waals surface area contributed by atoms with Gasteiger partial charge in [0.15, 0.2) is 0 Å². The van der Waals surface area contributed by atoms with E-state index in [1.807, 2.05) is 0 Å². The van der Waals surface area contributed by atoms with Gasteiger partial charge in [0.1, 0.15) is 0 Å². The fourth-order valence-corrected chi connectivity index (χ4v) is 0.171. The minimum atomic E-state index is -0.533. The fraction of sp³-hybridized carbons (Fsp3) is 1.00. The molecule has 0 aliphatic heterocycles. The molecule has 0 aromatic rings. The van der Waals surface area contributed by atoms with Crippen LogP contribution in [0.5, 0.6) is 0 Å². The average Bonchev–Trinajstić information content (AvgIpc) is 1.66. The summed E-state index contributed by atoms with van der Waals surface area (Å²) < 4.78 is 0. The quantitative estimate of drug-likeness (QED) is 0.177. The third-order valence-electron chi connectivity index (χ3n) is 0.446. The first-order chi connectivity index (χ1) is 3.77. The number of rotatable bonds is 3.